The summed E-state index contributed by atoms with van der Waals surface area (Å²) in [5, 5.41) is 9.43. The zero-order valence-electron chi connectivity index (χ0n) is 11.0. The number of hydrogen-bond donors (Lipinski definition) is 1. The van der Waals surface area contributed by atoms with E-state index < -0.39 is 6.10 Å². The van der Waals surface area contributed by atoms with Crippen LogP contribution in [0.5, 0.6) is 0 Å². The zero-order chi connectivity index (χ0) is 13.1. The second-order valence-corrected chi connectivity index (χ2v) is 4.52. The molecule has 2 rings (SSSR count). The average molecular weight is 242 g/mol. The van der Waals surface area contributed by atoms with Gasteiger partial charge in [-0.25, -0.2) is 0 Å². The van der Waals surface area contributed by atoms with Gasteiger partial charge in [-0.2, -0.15) is 0 Å². The number of aromatic nitrogens is 1. The topological polar surface area (TPSA) is 36.4 Å². The quantitative estimate of drug-likeness (QED) is 0.897. The highest BCUT2D eigenvalue weighted by Gasteiger charge is 2.06. The van der Waals surface area contributed by atoms with Crippen LogP contribution in [0.15, 0.2) is 42.6 Å². The maximum absolute atomic E-state index is 9.43. The molecular weight excluding hydrogens is 224 g/mol. The van der Waals surface area contributed by atoms with Gasteiger partial charge in [0, 0.05) is 12.7 Å². The van der Waals surface area contributed by atoms with Gasteiger partial charge in [-0.3, -0.25) is 4.98 Å². The first-order chi connectivity index (χ1) is 8.58. The van der Waals surface area contributed by atoms with Gasteiger partial charge in [0.25, 0.3) is 0 Å². The Morgan fingerprint density at radius 2 is 1.94 bits per heavy atom. The number of aryl methyl sites for hydroxylation is 1. The van der Waals surface area contributed by atoms with Gasteiger partial charge in [-0.15, -0.1) is 0 Å². The molecule has 2 aromatic rings. The molecule has 0 aliphatic heterocycles. The van der Waals surface area contributed by atoms with E-state index in [9.17, 15) is 5.11 Å². The summed E-state index contributed by atoms with van der Waals surface area (Å²) in [6.07, 6.45) is 1.26. The van der Waals surface area contributed by atoms with Gasteiger partial charge in [-0.1, -0.05) is 12.1 Å². The molecule has 1 atom stereocenters. The first kappa shape index (κ1) is 12.6. The van der Waals surface area contributed by atoms with Crippen LogP contribution < -0.4 is 4.90 Å². The van der Waals surface area contributed by atoms with Crippen LogP contribution in [-0.4, -0.2) is 17.1 Å². The van der Waals surface area contributed by atoms with Crippen LogP contribution in [0.25, 0.3) is 0 Å². The fourth-order valence-corrected chi connectivity index (χ4v) is 1.83. The highest BCUT2D eigenvalue weighted by atomic mass is 16.3. The monoisotopic (exact) mass is 242 g/mol. The molecule has 1 aromatic heterocycles. The van der Waals surface area contributed by atoms with Crippen molar-refractivity contribution < 1.29 is 5.11 Å². The molecule has 0 bridgehead atoms. The minimum atomic E-state index is -0.525. The Kier molecular flexibility index (Phi) is 3.63. The number of aliphatic hydroxyl groups is 1. The maximum Gasteiger partial charge on any atom is 0.0931 e. The van der Waals surface area contributed by atoms with Gasteiger partial charge in [0.2, 0.25) is 0 Å². The number of rotatable bonds is 3. The Morgan fingerprint density at radius 3 is 2.50 bits per heavy atom. The largest absolute Gasteiger partial charge is 0.387 e. The molecule has 0 aliphatic carbocycles. The van der Waals surface area contributed by atoms with Gasteiger partial charge >= 0.3 is 0 Å². The lowest BCUT2D eigenvalue weighted by molar-refractivity contribution is 0.194. The lowest BCUT2D eigenvalue weighted by Crippen LogP contribution is -2.10. The molecule has 0 unspecified atom stereocenters. The van der Waals surface area contributed by atoms with E-state index in [4.69, 9.17) is 0 Å². The van der Waals surface area contributed by atoms with Crippen LogP contribution in [0, 0.1) is 6.92 Å². The van der Waals surface area contributed by atoms with E-state index >= 15 is 0 Å². The lowest BCUT2D eigenvalue weighted by Gasteiger charge is -2.20. The Hall–Kier alpha value is -1.87. The SMILES string of the molecule is Cc1cccc(N(C)c2ccc([C@H](C)O)nc2)c1. The third kappa shape index (κ3) is 2.68. The summed E-state index contributed by atoms with van der Waals surface area (Å²) in [4.78, 5) is 6.33. The van der Waals surface area contributed by atoms with Crippen molar-refractivity contribution in [3.8, 4) is 0 Å². The second-order valence-electron chi connectivity index (χ2n) is 4.52. The van der Waals surface area contributed by atoms with Gasteiger partial charge in [0.05, 0.1) is 23.7 Å². The van der Waals surface area contributed by atoms with Crippen molar-refractivity contribution in [1.29, 1.82) is 0 Å². The van der Waals surface area contributed by atoms with E-state index in [1.54, 1.807) is 13.1 Å². The maximum atomic E-state index is 9.43. The Bertz CT molecular complexity index is 520. The Morgan fingerprint density at radius 1 is 1.17 bits per heavy atom. The molecule has 1 N–H and O–H groups in total. The molecule has 0 saturated heterocycles. The molecular formula is C15H18N2O. The van der Waals surface area contributed by atoms with Crippen LogP contribution in [0.2, 0.25) is 0 Å². The van der Waals surface area contributed by atoms with E-state index in [0.29, 0.717) is 5.69 Å². The first-order valence-corrected chi connectivity index (χ1v) is 6.02. The van der Waals surface area contributed by atoms with Crippen molar-refractivity contribution in [1.82, 2.24) is 4.98 Å². The zero-order valence-corrected chi connectivity index (χ0v) is 11.0. The van der Waals surface area contributed by atoms with Crippen LogP contribution in [0.4, 0.5) is 11.4 Å². The molecule has 0 fully saturated rings. The fourth-order valence-electron chi connectivity index (χ4n) is 1.83. The number of nitrogens with zero attached hydrogens (tertiary/aromatic N) is 2. The van der Waals surface area contributed by atoms with Gasteiger partial charge in [0.1, 0.15) is 0 Å². The van der Waals surface area contributed by atoms with Crippen molar-refractivity contribution in [2.75, 3.05) is 11.9 Å². The number of benzene rings is 1. The van der Waals surface area contributed by atoms with Crippen molar-refractivity contribution in [2.24, 2.45) is 0 Å². The predicted octanol–water partition coefficient (Wildman–Crippen LogP) is 3.21. The van der Waals surface area contributed by atoms with Crippen LogP contribution in [0.1, 0.15) is 24.3 Å². The molecule has 1 aromatic carbocycles. The number of aliphatic hydroxyl groups excluding tert-OH is 1. The standard InChI is InChI=1S/C15H18N2O/c1-11-5-4-6-13(9-11)17(3)14-7-8-15(12(2)18)16-10-14/h4-10,12,18H,1-3H3/t12-/m0/s1. The molecule has 3 nitrogen and oxygen atoms in total. The van der Waals surface area contributed by atoms with E-state index in [2.05, 4.69) is 35.0 Å². The summed E-state index contributed by atoms with van der Waals surface area (Å²) in [5.74, 6) is 0. The van der Waals surface area contributed by atoms with Gasteiger partial charge in [0.15, 0.2) is 0 Å². The average Bonchev–Trinajstić information content (AvgIpc) is 2.38. The number of anilines is 2. The summed E-state index contributed by atoms with van der Waals surface area (Å²) in [5.41, 5.74) is 4.05. The molecule has 94 valence electrons. The highest BCUT2D eigenvalue weighted by molar-refractivity contribution is 5.62. The van der Waals surface area contributed by atoms with Crippen LogP contribution in [0.3, 0.4) is 0 Å². The third-order valence-electron chi connectivity index (χ3n) is 2.98. The smallest absolute Gasteiger partial charge is 0.0931 e. The molecule has 18 heavy (non-hydrogen) atoms. The number of pyridine rings is 1. The summed E-state index contributed by atoms with van der Waals surface area (Å²) < 4.78 is 0. The van der Waals surface area contributed by atoms with Gasteiger partial charge < -0.3 is 10.0 Å². The summed E-state index contributed by atoms with van der Waals surface area (Å²) >= 11 is 0. The van der Waals surface area contributed by atoms with E-state index in [1.165, 1.54) is 5.56 Å². The molecule has 1 heterocycles. The molecule has 3 heteroatoms. The molecule has 0 amide bonds. The lowest BCUT2D eigenvalue weighted by atomic mass is 10.2. The van der Waals surface area contributed by atoms with Crippen molar-refractivity contribution in [2.45, 2.75) is 20.0 Å². The Balaban J connectivity index is 2.26. The molecule has 0 aliphatic rings. The summed E-state index contributed by atoms with van der Waals surface area (Å²) in [7, 11) is 2.01. The van der Waals surface area contributed by atoms with Crippen LogP contribution in [-0.2, 0) is 0 Å². The predicted molar refractivity (Wildman–Crippen MR) is 74.1 cm³/mol. The van der Waals surface area contributed by atoms with Crippen LogP contribution >= 0.6 is 0 Å². The minimum Gasteiger partial charge on any atom is -0.387 e. The first-order valence-electron chi connectivity index (χ1n) is 6.02. The van der Waals surface area contributed by atoms with E-state index in [-0.39, 0.29) is 0 Å². The van der Waals surface area contributed by atoms with Crippen molar-refractivity contribution >= 4 is 11.4 Å². The fraction of sp³-hybridized carbons (Fsp3) is 0.267. The van der Waals surface area contributed by atoms with E-state index in [0.717, 1.165) is 11.4 Å². The summed E-state index contributed by atoms with van der Waals surface area (Å²) in [6.45, 7) is 3.79. The Labute approximate surface area is 108 Å². The highest BCUT2D eigenvalue weighted by Crippen LogP contribution is 2.24. The summed E-state index contributed by atoms with van der Waals surface area (Å²) in [6, 6.07) is 12.1. The van der Waals surface area contributed by atoms with Gasteiger partial charge in [-0.05, 0) is 43.7 Å². The number of hydrogen-bond acceptors (Lipinski definition) is 3. The normalized spacial score (nSPS) is 12.2. The van der Waals surface area contributed by atoms with Crippen molar-refractivity contribution in [3.05, 3.63) is 53.9 Å². The van der Waals surface area contributed by atoms with E-state index in [1.807, 2.05) is 25.2 Å². The minimum absolute atomic E-state index is 0.525. The van der Waals surface area contributed by atoms with Crippen molar-refractivity contribution in [3.63, 3.8) is 0 Å². The third-order valence-corrected chi connectivity index (χ3v) is 2.98. The molecule has 0 spiro atoms. The second kappa shape index (κ2) is 5.19. The molecule has 0 radical (unpaired) electrons. The molecule has 0 saturated carbocycles.